The molecule has 0 aliphatic carbocycles. The summed E-state index contributed by atoms with van der Waals surface area (Å²) in [4.78, 5) is 6.59. The number of hydrogen-bond donors (Lipinski definition) is 1. The standard InChI is InChI=1S/C12H12N2/c1-13-8-4-5-10-9-14-12-7-3-2-6-11(10)12/h2-3,6-7,9,14H,4-5,8H2. The molecule has 1 N–H and O–H groups in total. The van der Waals surface area contributed by atoms with Gasteiger partial charge in [-0.2, -0.15) is 0 Å². The Morgan fingerprint density at radius 1 is 1.29 bits per heavy atom. The molecule has 0 radical (unpaired) electrons. The number of aromatic amines is 1. The van der Waals surface area contributed by atoms with E-state index in [0.29, 0.717) is 6.54 Å². The van der Waals surface area contributed by atoms with Gasteiger partial charge in [-0.3, -0.25) is 0 Å². The number of H-pyrrole nitrogens is 1. The minimum absolute atomic E-state index is 0.625. The van der Waals surface area contributed by atoms with Gasteiger partial charge in [0, 0.05) is 23.5 Å². The van der Waals surface area contributed by atoms with E-state index in [9.17, 15) is 0 Å². The highest BCUT2D eigenvalue weighted by Gasteiger charge is 2.02. The maximum atomic E-state index is 6.71. The van der Waals surface area contributed by atoms with Crippen LogP contribution in [0.4, 0.5) is 0 Å². The normalized spacial score (nSPS) is 10.2. The Morgan fingerprint density at radius 2 is 2.14 bits per heavy atom. The number of rotatable bonds is 3. The van der Waals surface area contributed by atoms with Gasteiger partial charge in [0.1, 0.15) is 0 Å². The Kier molecular flexibility index (Phi) is 2.51. The van der Waals surface area contributed by atoms with Gasteiger partial charge in [-0.05, 0) is 18.1 Å². The van der Waals surface area contributed by atoms with Crippen molar-refractivity contribution >= 4 is 10.9 Å². The van der Waals surface area contributed by atoms with Crippen molar-refractivity contribution in [2.75, 3.05) is 6.54 Å². The highest BCUT2D eigenvalue weighted by atomic mass is 14.7. The van der Waals surface area contributed by atoms with Gasteiger partial charge >= 0.3 is 0 Å². The van der Waals surface area contributed by atoms with Crippen molar-refractivity contribution in [3.05, 3.63) is 47.4 Å². The smallest absolute Gasteiger partial charge is 0.215 e. The predicted octanol–water partition coefficient (Wildman–Crippen LogP) is 3.02. The van der Waals surface area contributed by atoms with Crippen molar-refractivity contribution in [1.29, 1.82) is 0 Å². The zero-order valence-corrected chi connectivity index (χ0v) is 7.96. The monoisotopic (exact) mass is 184 g/mol. The fraction of sp³-hybridized carbons (Fsp3) is 0.250. The first kappa shape index (κ1) is 8.83. The maximum absolute atomic E-state index is 6.71. The van der Waals surface area contributed by atoms with Crippen molar-refractivity contribution < 1.29 is 0 Å². The number of aryl methyl sites for hydroxylation is 1. The second-order valence-corrected chi connectivity index (χ2v) is 3.34. The predicted molar refractivity (Wildman–Crippen MR) is 58.1 cm³/mol. The lowest BCUT2D eigenvalue weighted by molar-refractivity contribution is 0.897. The summed E-state index contributed by atoms with van der Waals surface area (Å²) in [7, 11) is 0. The Hall–Kier alpha value is -1.75. The van der Waals surface area contributed by atoms with E-state index in [1.54, 1.807) is 0 Å². The van der Waals surface area contributed by atoms with Crippen LogP contribution in [0.2, 0.25) is 0 Å². The molecular weight excluding hydrogens is 172 g/mol. The lowest BCUT2D eigenvalue weighted by atomic mass is 10.1. The maximum Gasteiger partial charge on any atom is 0.215 e. The zero-order chi connectivity index (χ0) is 9.80. The summed E-state index contributed by atoms with van der Waals surface area (Å²) in [6.45, 7) is 7.34. The number of para-hydroxylation sites is 1. The van der Waals surface area contributed by atoms with Crippen LogP contribution in [0.1, 0.15) is 12.0 Å². The Balaban J connectivity index is 2.22. The van der Waals surface area contributed by atoms with E-state index in [1.165, 1.54) is 16.5 Å². The van der Waals surface area contributed by atoms with Gasteiger partial charge in [0.25, 0.3) is 0 Å². The van der Waals surface area contributed by atoms with Crippen LogP contribution in [0.25, 0.3) is 15.7 Å². The summed E-state index contributed by atoms with van der Waals surface area (Å²) in [5.74, 6) is 0. The van der Waals surface area contributed by atoms with Crippen LogP contribution in [0.15, 0.2) is 30.5 Å². The van der Waals surface area contributed by atoms with Crippen LogP contribution in [-0.2, 0) is 6.42 Å². The molecule has 0 aliphatic rings. The molecule has 1 aromatic heterocycles. The van der Waals surface area contributed by atoms with Crippen molar-refractivity contribution in [3.8, 4) is 0 Å². The minimum Gasteiger partial charge on any atom is -0.361 e. The van der Waals surface area contributed by atoms with Gasteiger partial charge in [-0.1, -0.05) is 18.2 Å². The zero-order valence-electron chi connectivity index (χ0n) is 7.96. The molecule has 1 aromatic carbocycles. The van der Waals surface area contributed by atoms with E-state index in [4.69, 9.17) is 6.57 Å². The Labute approximate surface area is 83.4 Å². The van der Waals surface area contributed by atoms with E-state index in [2.05, 4.69) is 34.2 Å². The second-order valence-electron chi connectivity index (χ2n) is 3.34. The van der Waals surface area contributed by atoms with E-state index in [0.717, 1.165) is 12.8 Å². The highest BCUT2D eigenvalue weighted by molar-refractivity contribution is 5.82. The van der Waals surface area contributed by atoms with Gasteiger partial charge in [0.05, 0.1) is 0 Å². The third kappa shape index (κ3) is 1.62. The molecule has 2 heteroatoms. The second kappa shape index (κ2) is 3.97. The van der Waals surface area contributed by atoms with Gasteiger partial charge in [-0.15, -0.1) is 0 Å². The number of aromatic nitrogens is 1. The van der Waals surface area contributed by atoms with Crippen LogP contribution < -0.4 is 0 Å². The molecule has 0 spiro atoms. The van der Waals surface area contributed by atoms with Crippen LogP contribution >= 0.6 is 0 Å². The Bertz CT molecular complexity index is 462. The number of benzene rings is 1. The fourth-order valence-corrected chi connectivity index (χ4v) is 1.69. The molecule has 2 rings (SSSR count). The number of nitrogens with one attached hydrogen (secondary N) is 1. The summed E-state index contributed by atoms with van der Waals surface area (Å²) in [6.07, 6.45) is 3.99. The molecule has 0 atom stereocenters. The van der Waals surface area contributed by atoms with Crippen molar-refractivity contribution in [2.45, 2.75) is 12.8 Å². The summed E-state index contributed by atoms with van der Waals surface area (Å²) < 4.78 is 0. The summed E-state index contributed by atoms with van der Waals surface area (Å²) in [5.41, 5.74) is 2.51. The van der Waals surface area contributed by atoms with E-state index in [1.807, 2.05) is 6.07 Å². The molecule has 70 valence electrons. The van der Waals surface area contributed by atoms with Crippen LogP contribution in [0.3, 0.4) is 0 Å². The first-order valence-corrected chi connectivity index (χ1v) is 4.80. The van der Waals surface area contributed by atoms with Gasteiger partial charge in [0.2, 0.25) is 6.54 Å². The molecule has 0 unspecified atom stereocenters. The van der Waals surface area contributed by atoms with Gasteiger partial charge in [0.15, 0.2) is 0 Å². The van der Waals surface area contributed by atoms with Gasteiger partial charge in [-0.25, -0.2) is 6.57 Å². The van der Waals surface area contributed by atoms with Crippen LogP contribution in [-0.4, -0.2) is 11.5 Å². The third-order valence-corrected chi connectivity index (χ3v) is 2.39. The molecule has 0 saturated carbocycles. The summed E-state index contributed by atoms with van der Waals surface area (Å²) in [5, 5.41) is 1.29. The molecule has 0 saturated heterocycles. The molecule has 0 fully saturated rings. The first-order valence-electron chi connectivity index (χ1n) is 4.80. The summed E-state index contributed by atoms with van der Waals surface area (Å²) in [6, 6.07) is 8.28. The Morgan fingerprint density at radius 3 is 3.00 bits per heavy atom. The van der Waals surface area contributed by atoms with E-state index < -0.39 is 0 Å². The third-order valence-electron chi connectivity index (χ3n) is 2.39. The van der Waals surface area contributed by atoms with E-state index in [-0.39, 0.29) is 0 Å². The quantitative estimate of drug-likeness (QED) is 0.559. The number of nitrogens with zero attached hydrogens (tertiary/aromatic N) is 1. The highest BCUT2D eigenvalue weighted by Crippen LogP contribution is 2.18. The number of hydrogen-bond acceptors (Lipinski definition) is 0. The van der Waals surface area contributed by atoms with Crippen molar-refractivity contribution in [1.82, 2.24) is 4.98 Å². The molecule has 2 aromatic rings. The lowest BCUT2D eigenvalue weighted by Crippen LogP contribution is -1.84. The molecule has 0 aliphatic heterocycles. The largest absolute Gasteiger partial charge is 0.361 e. The molecule has 0 amide bonds. The summed E-state index contributed by atoms with van der Waals surface area (Å²) >= 11 is 0. The minimum atomic E-state index is 0.625. The molecular formula is C12H12N2. The van der Waals surface area contributed by atoms with Crippen LogP contribution in [0.5, 0.6) is 0 Å². The first-order chi connectivity index (χ1) is 6.92. The number of fused-ring (bicyclic) bond motifs is 1. The average Bonchev–Trinajstić information content (AvgIpc) is 2.63. The molecule has 2 nitrogen and oxygen atoms in total. The molecule has 1 heterocycles. The average molecular weight is 184 g/mol. The van der Waals surface area contributed by atoms with E-state index >= 15 is 0 Å². The van der Waals surface area contributed by atoms with Gasteiger partial charge < -0.3 is 9.83 Å². The topological polar surface area (TPSA) is 20.1 Å². The van der Waals surface area contributed by atoms with Crippen LogP contribution in [0, 0.1) is 6.57 Å². The van der Waals surface area contributed by atoms with Crippen molar-refractivity contribution in [2.24, 2.45) is 0 Å². The fourth-order valence-electron chi connectivity index (χ4n) is 1.69. The molecule has 0 bridgehead atoms. The lowest BCUT2D eigenvalue weighted by Gasteiger charge is -1.94. The van der Waals surface area contributed by atoms with Crippen molar-refractivity contribution in [3.63, 3.8) is 0 Å². The molecule has 14 heavy (non-hydrogen) atoms. The SMILES string of the molecule is [C-]#[N+]CCCc1c[nH]c2ccccc12.